The molecule has 146 valence electrons. The molecule has 0 aromatic heterocycles. The minimum atomic E-state index is -3.78. The average molecular weight is 411 g/mol. The van der Waals surface area contributed by atoms with Gasteiger partial charge in [-0.25, -0.2) is 8.42 Å². The molecule has 0 spiro atoms. The first-order chi connectivity index (χ1) is 12.8. The number of hydrogen-bond acceptors (Lipinski definition) is 4. The maximum Gasteiger partial charge on any atom is 0.261 e. The van der Waals surface area contributed by atoms with Crippen LogP contribution < -0.4 is 14.8 Å². The lowest BCUT2D eigenvalue weighted by molar-refractivity contribution is -0.123. The minimum Gasteiger partial charge on any atom is -0.482 e. The lowest BCUT2D eigenvalue weighted by Gasteiger charge is -2.14. The van der Waals surface area contributed by atoms with Gasteiger partial charge in [-0.1, -0.05) is 43.1 Å². The highest BCUT2D eigenvalue weighted by Gasteiger charge is 2.17. The van der Waals surface area contributed by atoms with E-state index in [2.05, 4.69) is 10.0 Å². The number of hydrogen-bond donors (Lipinski definition) is 2. The molecule has 0 aliphatic rings. The van der Waals surface area contributed by atoms with Gasteiger partial charge in [0, 0.05) is 11.7 Å². The molecule has 27 heavy (non-hydrogen) atoms. The zero-order valence-electron chi connectivity index (χ0n) is 15.2. The summed E-state index contributed by atoms with van der Waals surface area (Å²) in [4.78, 5) is 11.9. The first kappa shape index (κ1) is 21.1. The molecular weight excluding hydrogens is 388 g/mol. The summed E-state index contributed by atoms with van der Waals surface area (Å²) in [6.07, 6.45) is 1.86. The van der Waals surface area contributed by atoms with Crippen LogP contribution in [0.25, 0.3) is 0 Å². The summed E-state index contributed by atoms with van der Waals surface area (Å²) in [5.41, 5.74) is 0.451. The van der Waals surface area contributed by atoms with E-state index in [1.165, 1.54) is 18.2 Å². The third-order valence-electron chi connectivity index (χ3n) is 3.73. The predicted octanol–water partition coefficient (Wildman–Crippen LogP) is 3.82. The number of carbonyl (C=O) groups is 1. The van der Waals surface area contributed by atoms with Gasteiger partial charge in [-0.15, -0.1) is 0 Å². The van der Waals surface area contributed by atoms with Crippen LogP contribution in [0, 0.1) is 0 Å². The largest absolute Gasteiger partial charge is 0.482 e. The maximum atomic E-state index is 12.4. The fourth-order valence-electron chi connectivity index (χ4n) is 2.45. The normalized spacial score (nSPS) is 12.3. The standard InChI is InChI=1S/C19H23ClN2O4S/c1-3-7-14(2)21-19(23)13-26-18-11-10-16(12-17(18)20)27(24,25)22-15-8-5-4-6-9-15/h4-6,8-12,14,22H,3,7,13H2,1-2H3,(H,21,23)/t14-/m1/s1. The van der Waals surface area contributed by atoms with E-state index in [1.54, 1.807) is 30.3 Å². The number of benzene rings is 2. The summed E-state index contributed by atoms with van der Waals surface area (Å²) in [6.45, 7) is 3.77. The Morgan fingerprint density at radius 1 is 1.19 bits per heavy atom. The van der Waals surface area contributed by atoms with E-state index in [1.807, 2.05) is 13.8 Å². The zero-order chi connectivity index (χ0) is 19.9. The number of amides is 1. The van der Waals surface area contributed by atoms with E-state index in [0.29, 0.717) is 5.69 Å². The molecule has 2 aromatic carbocycles. The number of carbonyl (C=O) groups excluding carboxylic acids is 1. The van der Waals surface area contributed by atoms with E-state index >= 15 is 0 Å². The Balaban J connectivity index is 2.01. The van der Waals surface area contributed by atoms with Crippen LogP contribution in [0.3, 0.4) is 0 Å². The van der Waals surface area contributed by atoms with E-state index in [-0.39, 0.29) is 34.2 Å². The highest BCUT2D eigenvalue weighted by Crippen LogP contribution is 2.28. The van der Waals surface area contributed by atoms with Crippen LogP contribution in [0.4, 0.5) is 5.69 Å². The van der Waals surface area contributed by atoms with Gasteiger partial charge in [-0.05, 0) is 43.7 Å². The van der Waals surface area contributed by atoms with E-state index in [0.717, 1.165) is 12.8 Å². The number of para-hydroxylation sites is 1. The van der Waals surface area contributed by atoms with Gasteiger partial charge in [-0.3, -0.25) is 9.52 Å². The summed E-state index contributed by atoms with van der Waals surface area (Å²) >= 11 is 6.13. The van der Waals surface area contributed by atoms with Gasteiger partial charge < -0.3 is 10.1 Å². The molecular formula is C19H23ClN2O4S. The monoisotopic (exact) mass is 410 g/mol. The molecule has 0 bridgehead atoms. The molecule has 0 heterocycles. The van der Waals surface area contributed by atoms with Crippen molar-refractivity contribution in [2.24, 2.45) is 0 Å². The smallest absolute Gasteiger partial charge is 0.261 e. The SMILES string of the molecule is CCC[C@@H](C)NC(=O)COc1ccc(S(=O)(=O)Nc2ccccc2)cc1Cl. The summed E-state index contributed by atoms with van der Waals surface area (Å²) in [5, 5.41) is 2.93. The van der Waals surface area contributed by atoms with E-state index < -0.39 is 10.0 Å². The molecule has 0 saturated heterocycles. The van der Waals surface area contributed by atoms with E-state index in [4.69, 9.17) is 16.3 Å². The van der Waals surface area contributed by atoms with Crippen molar-refractivity contribution in [3.05, 3.63) is 53.6 Å². The van der Waals surface area contributed by atoms with Crippen molar-refractivity contribution in [3.8, 4) is 5.75 Å². The fraction of sp³-hybridized carbons (Fsp3) is 0.316. The van der Waals surface area contributed by atoms with Crippen LogP contribution in [-0.2, 0) is 14.8 Å². The van der Waals surface area contributed by atoms with Gasteiger partial charge in [0.2, 0.25) is 0 Å². The molecule has 1 atom stereocenters. The molecule has 0 aliphatic heterocycles. The summed E-state index contributed by atoms with van der Waals surface area (Å²) in [7, 11) is -3.78. The molecule has 2 aromatic rings. The van der Waals surface area contributed by atoms with Gasteiger partial charge in [0.15, 0.2) is 6.61 Å². The van der Waals surface area contributed by atoms with Crippen LogP contribution in [-0.4, -0.2) is 27.0 Å². The van der Waals surface area contributed by atoms with Crippen LogP contribution in [0.5, 0.6) is 5.75 Å². The van der Waals surface area contributed by atoms with Crippen molar-refractivity contribution in [1.82, 2.24) is 5.32 Å². The molecule has 2 N–H and O–H groups in total. The Kier molecular flexibility index (Phi) is 7.50. The number of ether oxygens (including phenoxy) is 1. The first-order valence-corrected chi connectivity index (χ1v) is 10.5. The summed E-state index contributed by atoms with van der Waals surface area (Å²) in [6, 6.07) is 12.7. The van der Waals surface area contributed by atoms with E-state index in [9.17, 15) is 13.2 Å². The maximum absolute atomic E-state index is 12.4. The van der Waals surface area contributed by atoms with Crippen molar-refractivity contribution in [3.63, 3.8) is 0 Å². The Labute approximate surface area is 164 Å². The third-order valence-corrected chi connectivity index (χ3v) is 5.40. The second kappa shape index (κ2) is 9.62. The zero-order valence-corrected chi connectivity index (χ0v) is 16.8. The van der Waals surface area contributed by atoms with Crippen molar-refractivity contribution < 1.29 is 17.9 Å². The molecule has 0 saturated carbocycles. The van der Waals surface area contributed by atoms with Gasteiger partial charge in [-0.2, -0.15) is 0 Å². The molecule has 0 fully saturated rings. The van der Waals surface area contributed by atoms with Crippen molar-refractivity contribution in [1.29, 1.82) is 0 Å². The third kappa shape index (κ3) is 6.45. The average Bonchev–Trinajstić information content (AvgIpc) is 2.61. The Hall–Kier alpha value is -2.25. The van der Waals surface area contributed by atoms with Crippen LogP contribution in [0.1, 0.15) is 26.7 Å². The number of nitrogens with one attached hydrogen (secondary N) is 2. The van der Waals surface area contributed by atoms with Gasteiger partial charge >= 0.3 is 0 Å². The minimum absolute atomic E-state index is 0.00437. The van der Waals surface area contributed by atoms with Gasteiger partial charge in [0.05, 0.1) is 9.92 Å². The number of sulfonamides is 1. The van der Waals surface area contributed by atoms with Gasteiger partial charge in [0.1, 0.15) is 5.75 Å². The first-order valence-electron chi connectivity index (χ1n) is 8.61. The lowest BCUT2D eigenvalue weighted by Crippen LogP contribution is -2.35. The highest BCUT2D eigenvalue weighted by atomic mass is 35.5. The second-order valence-electron chi connectivity index (χ2n) is 6.11. The van der Waals surface area contributed by atoms with Crippen molar-refractivity contribution in [2.75, 3.05) is 11.3 Å². The number of halogens is 1. The molecule has 0 radical (unpaired) electrons. The Morgan fingerprint density at radius 2 is 1.89 bits per heavy atom. The number of anilines is 1. The lowest BCUT2D eigenvalue weighted by atomic mass is 10.2. The summed E-state index contributed by atoms with van der Waals surface area (Å²) in [5.74, 6) is -0.0110. The molecule has 6 nitrogen and oxygen atoms in total. The van der Waals surface area contributed by atoms with Crippen molar-refractivity contribution in [2.45, 2.75) is 37.6 Å². The quantitative estimate of drug-likeness (QED) is 0.658. The molecule has 2 rings (SSSR count). The summed E-state index contributed by atoms with van der Waals surface area (Å²) < 4.78 is 32.8. The van der Waals surface area contributed by atoms with Gasteiger partial charge in [0.25, 0.3) is 15.9 Å². The topological polar surface area (TPSA) is 84.5 Å². The Bertz CT molecular complexity index is 873. The molecule has 0 aliphatic carbocycles. The van der Waals surface area contributed by atoms with Crippen LogP contribution in [0.15, 0.2) is 53.4 Å². The number of rotatable bonds is 9. The fourth-order valence-corrected chi connectivity index (χ4v) is 3.84. The molecule has 8 heteroatoms. The predicted molar refractivity (Wildman–Crippen MR) is 107 cm³/mol. The molecule has 1 amide bonds. The van der Waals surface area contributed by atoms with Crippen molar-refractivity contribution >= 4 is 33.2 Å². The van der Waals surface area contributed by atoms with Crippen LogP contribution in [0.2, 0.25) is 5.02 Å². The highest BCUT2D eigenvalue weighted by molar-refractivity contribution is 7.92. The second-order valence-corrected chi connectivity index (χ2v) is 8.20. The van der Waals surface area contributed by atoms with Crippen LogP contribution >= 0.6 is 11.6 Å². The molecule has 0 unspecified atom stereocenters. The Morgan fingerprint density at radius 3 is 2.52 bits per heavy atom.